The number of benzene rings is 1. The van der Waals surface area contributed by atoms with Crippen LogP contribution in [0.3, 0.4) is 0 Å². The van der Waals surface area contributed by atoms with Gasteiger partial charge >= 0.3 is 0 Å². The lowest BCUT2D eigenvalue weighted by Gasteiger charge is -2.07. The van der Waals surface area contributed by atoms with Gasteiger partial charge in [0.05, 0.1) is 21.3 Å². The number of hydrogen-bond donors (Lipinski definition) is 2. The first-order valence-electron chi connectivity index (χ1n) is 6.00. The van der Waals surface area contributed by atoms with E-state index >= 15 is 0 Å². The highest BCUT2D eigenvalue weighted by Crippen LogP contribution is 2.34. The Morgan fingerprint density at radius 2 is 2.14 bits per heavy atom. The normalized spacial score (nSPS) is 10.6. The zero-order chi connectivity index (χ0) is 14.7. The maximum atomic E-state index is 5.90. The van der Waals surface area contributed by atoms with E-state index in [1.54, 1.807) is 7.11 Å². The van der Waals surface area contributed by atoms with E-state index in [2.05, 4.69) is 20.5 Å². The molecule has 0 saturated heterocycles. The Morgan fingerprint density at radius 3 is 2.90 bits per heavy atom. The number of thiophene rings is 1. The quantitative estimate of drug-likeness (QED) is 0.720. The zero-order valence-corrected chi connectivity index (χ0v) is 13.4. The van der Waals surface area contributed by atoms with Crippen LogP contribution in [0.15, 0.2) is 45.8 Å². The molecule has 0 spiro atoms. The van der Waals surface area contributed by atoms with Gasteiger partial charge in [0.25, 0.3) is 0 Å². The second-order valence-corrected chi connectivity index (χ2v) is 6.94. The third-order valence-corrected chi connectivity index (χ3v) is 4.79. The fourth-order valence-electron chi connectivity index (χ4n) is 1.67. The van der Waals surface area contributed by atoms with Crippen LogP contribution < -0.4 is 10.1 Å². The van der Waals surface area contributed by atoms with Gasteiger partial charge in [-0.15, -0.1) is 16.4 Å². The lowest BCUT2D eigenvalue weighted by molar-refractivity contribution is 0.417. The first kappa shape index (κ1) is 14.2. The van der Waals surface area contributed by atoms with Crippen LogP contribution in [-0.4, -0.2) is 22.3 Å². The molecule has 2 aromatic heterocycles. The average Bonchev–Trinajstić information content (AvgIpc) is 3.09. The van der Waals surface area contributed by atoms with Gasteiger partial charge in [-0.1, -0.05) is 23.7 Å². The Balaban J connectivity index is 1.73. The van der Waals surface area contributed by atoms with Crippen LogP contribution >= 0.6 is 34.7 Å². The Bertz CT molecular complexity index is 743. The van der Waals surface area contributed by atoms with Crippen molar-refractivity contribution in [1.29, 1.82) is 0 Å². The number of methoxy groups -OCH3 is 1. The second kappa shape index (κ2) is 6.38. The number of aromatic nitrogens is 3. The van der Waals surface area contributed by atoms with E-state index in [9.17, 15) is 0 Å². The number of rotatable bonds is 5. The van der Waals surface area contributed by atoms with Crippen molar-refractivity contribution in [1.82, 2.24) is 15.2 Å². The van der Waals surface area contributed by atoms with E-state index < -0.39 is 0 Å². The van der Waals surface area contributed by atoms with Crippen molar-refractivity contribution in [3.63, 3.8) is 0 Å². The summed E-state index contributed by atoms with van der Waals surface area (Å²) < 4.78 is 7.07. The van der Waals surface area contributed by atoms with Gasteiger partial charge in [-0.25, -0.2) is 5.10 Å². The molecule has 108 valence electrons. The number of nitrogens with one attached hydrogen (secondary N) is 2. The van der Waals surface area contributed by atoms with Crippen molar-refractivity contribution < 1.29 is 4.74 Å². The Labute approximate surface area is 134 Å². The van der Waals surface area contributed by atoms with Gasteiger partial charge in [0.15, 0.2) is 0 Å². The monoisotopic (exact) mass is 338 g/mol. The van der Waals surface area contributed by atoms with Crippen molar-refractivity contribution in [3.05, 3.63) is 40.7 Å². The molecule has 2 heterocycles. The standard InChI is InChI=1S/C13H11ClN4OS2/c1-19-9-5-3-2-4-8(9)15-12-16-13(18-17-12)21-11-7-6-10(14)20-11/h2-7H,1H3,(H2,15,16,17,18). The number of hydrogen-bond acceptors (Lipinski definition) is 6. The summed E-state index contributed by atoms with van der Waals surface area (Å²) in [7, 11) is 1.63. The number of para-hydroxylation sites is 2. The minimum absolute atomic E-state index is 0.560. The fourth-order valence-corrected chi connectivity index (χ4v) is 3.78. The van der Waals surface area contributed by atoms with Crippen LogP contribution in [0.25, 0.3) is 0 Å². The third-order valence-electron chi connectivity index (χ3n) is 2.57. The Hall–Kier alpha value is -1.70. The summed E-state index contributed by atoms with van der Waals surface area (Å²) in [5, 5.41) is 10.8. The molecule has 0 atom stereocenters. The molecule has 5 nitrogen and oxygen atoms in total. The van der Waals surface area contributed by atoms with E-state index in [1.807, 2.05) is 36.4 Å². The number of halogens is 1. The summed E-state index contributed by atoms with van der Waals surface area (Å²) in [6, 6.07) is 11.4. The minimum Gasteiger partial charge on any atom is -0.495 e. The third kappa shape index (κ3) is 3.49. The van der Waals surface area contributed by atoms with Crippen molar-refractivity contribution in [2.45, 2.75) is 9.37 Å². The molecule has 3 rings (SSSR count). The molecule has 2 N–H and O–H groups in total. The molecule has 0 aliphatic rings. The first-order chi connectivity index (χ1) is 10.2. The summed E-state index contributed by atoms with van der Waals surface area (Å²) >= 11 is 8.86. The molecule has 0 aliphatic heterocycles. The predicted molar refractivity (Wildman–Crippen MR) is 86.1 cm³/mol. The van der Waals surface area contributed by atoms with E-state index in [1.165, 1.54) is 23.1 Å². The van der Waals surface area contributed by atoms with Gasteiger partial charge in [0.1, 0.15) is 5.75 Å². The molecule has 0 radical (unpaired) electrons. The predicted octanol–water partition coefficient (Wildman–Crippen LogP) is 4.42. The number of anilines is 2. The number of aromatic amines is 1. The van der Waals surface area contributed by atoms with Crippen molar-refractivity contribution in [2.24, 2.45) is 0 Å². The molecule has 21 heavy (non-hydrogen) atoms. The lowest BCUT2D eigenvalue weighted by atomic mass is 10.3. The average molecular weight is 339 g/mol. The van der Waals surface area contributed by atoms with Crippen molar-refractivity contribution in [3.8, 4) is 5.75 Å². The Morgan fingerprint density at radius 1 is 1.29 bits per heavy atom. The summed E-state index contributed by atoms with van der Waals surface area (Å²) in [5.74, 6) is 1.30. The SMILES string of the molecule is COc1ccccc1Nc1nc(Sc2ccc(Cl)s2)n[nH]1. The molecule has 0 fully saturated rings. The summed E-state index contributed by atoms with van der Waals surface area (Å²) in [6.45, 7) is 0. The zero-order valence-electron chi connectivity index (χ0n) is 11.0. The fraction of sp³-hybridized carbons (Fsp3) is 0.0769. The largest absolute Gasteiger partial charge is 0.495 e. The summed E-state index contributed by atoms with van der Waals surface area (Å²) in [6.07, 6.45) is 0. The van der Waals surface area contributed by atoms with E-state index in [-0.39, 0.29) is 0 Å². The minimum atomic E-state index is 0.560. The lowest BCUT2D eigenvalue weighted by Crippen LogP contribution is -1.95. The Kier molecular flexibility index (Phi) is 4.33. The highest BCUT2D eigenvalue weighted by Gasteiger charge is 2.09. The number of H-pyrrole nitrogens is 1. The highest BCUT2D eigenvalue weighted by atomic mass is 35.5. The molecule has 0 saturated carbocycles. The van der Waals surface area contributed by atoms with E-state index in [0.717, 1.165) is 20.0 Å². The molecule has 0 aliphatic carbocycles. The molecule has 8 heteroatoms. The van der Waals surface area contributed by atoms with Crippen LogP contribution in [0.2, 0.25) is 4.34 Å². The summed E-state index contributed by atoms with van der Waals surface area (Å²) in [4.78, 5) is 4.38. The molecule has 0 amide bonds. The van der Waals surface area contributed by atoms with Crippen LogP contribution in [0.4, 0.5) is 11.6 Å². The molecule has 0 unspecified atom stereocenters. The van der Waals surface area contributed by atoms with Gasteiger partial charge in [-0.3, -0.25) is 0 Å². The molecular weight excluding hydrogens is 328 g/mol. The maximum Gasteiger partial charge on any atom is 0.224 e. The van der Waals surface area contributed by atoms with Crippen molar-refractivity contribution in [2.75, 3.05) is 12.4 Å². The molecule has 0 bridgehead atoms. The van der Waals surface area contributed by atoms with Gasteiger partial charge in [-0.05, 0) is 36.0 Å². The van der Waals surface area contributed by atoms with E-state index in [4.69, 9.17) is 16.3 Å². The van der Waals surface area contributed by atoms with E-state index in [0.29, 0.717) is 11.1 Å². The van der Waals surface area contributed by atoms with Crippen LogP contribution in [0.1, 0.15) is 0 Å². The van der Waals surface area contributed by atoms with Gasteiger partial charge < -0.3 is 10.1 Å². The van der Waals surface area contributed by atoms with Gasteiger partial charge in [0, 0.05) is 0 Å². The summed E-state index contributed by atoms with van der Waals surface area (Å²) in [5.41, 5.74) is 0.826. The molecule has 1 aromatic carbocycles. The second-order valence-electron chi connectivity index (χ2n) is 3.95. The number of nitrogens with zero attached hydrogens (tertiary/aromatic N) is 2. The van der Waals surface area contributed by atoms with Gasteiger partial charge in [0.2, 0.25) is 11.1 Å². The van der Waals surface area contributed by atoms with Crippen LogP contribution in [0, 0.1) is 0 Å². The number of ether oxygens (including phenoxy) is 1. The first-order valence-corrected chi connectivity index (χ1v) is 8.01. The van der Waals surface area contributed by atoms with Crippen molar-refractivity contribution >= 4 is 46.3 Å². The smallest absolute Gasteiger partial charge is 0.224 e. The maximum absolute atomic E-state index is 5.90. The van der Waals surface area contributed by atoms with Crippen LogP contribution in [0.5, 0.6) is 5.75 Å². The van der Waals surface area contributed by atoms with Crippen LogP contribution in [-0.2, 0) is 0 Å². The highest BCUT2D eigenvalue weighted by molar-refractivity contribution is 8.01. The van der Waals surface area contributed by atoms with Gasteiger partial charge in [-0.2, -0.15) is 4.98 Å². The molecule has 3 aromatic rings. The topological polar surface area (TPSA) is 62.8 Å². The molecular formula is C13H11ClN4OS2.